The standard InChI is InChI=1S/C21H26F3N5O/c1-3-28(4-2)20-26-14-17(18(27-20)29-11-5-6-12-29)19(30)25-13-15-7-9-16(10-8-15)21(22,23)24/h7-10,14H,3-6,11-13H2,1-2H3,(H,25,30). The molecule has 0 aliphatic carbocycles. The van der Waals surface area contributed by atoms with Gasteiger partial charge in [-0.1, -0.05) is 12.1 Å². The molecule has 3 rings (SSSR count). The van der Waals surface area contributed by atoms with Gasteiger partial charge in [-0.15, -0.1) is 0 Å². The van der Waals surface area contributed by atoms with Gasteiger partial charge in [-0.25, -0.2) is 4.98 Å². The van der Waals surface area contributed by atoms with E-state index in [0.29, 0.717) is 22.9 Å². The minimum Gasteiger partial charge on any atom is -0.356 e. The van der Waals surface area contributed by atoms with Crippen LogP contribution in [0.25, 0.3) is 0 Å². The lowest BCUT2D eigenvalue weighted by Crippen LogP contribution is -2.30. The molecule has 162 valence electrons. The number of carbonyl (C=O) groups excluding carboxylic acids is 1. The highest BCUT2D eigenvalue weighted by molar-refractivity contribution is 5.98. The summed E-state index contributed by atoms with van der Waals surface area (Å²) in [5.74, 6) is 0.846. The zero-order valence-electron chi connectivity index (χ0n) is 17.2. The summed E-state index contributed by atoms with van der Waals surface area (Å²) in [7, 11) is 0. The number of hydrogen-bond acceptors (Lipinski definition) is 5. The van der Waals surface area contributed by atoms with Crippen LogP contribution in [0.2, 0.25) is 0 Å². The summed E-state index contributed by atoms with van der Waals surface area (Å²) >= 11 is 0. The molecule has 1 N–H and O–H groups in total. The number of hydrogen-bond donors (Lipinski definition) is 1. The van der Waals surface area contributed by atoms with Gasteiger partial charge in [0.05, 0.1) is 5.56 Å². The van der Waals surface area contributed by atoms with Crippen molar-refractivity contribution in [2.75, 3.05) is 36.0 Å². The number of rotatable bonds is 7. The van der Waals surface area contributed by atoms with Crippen LogP contribution in [0.15, 0.2) is 30.5 Å². The van der Waals surface area contributed by atoms with Gasteiger partial charge in [0, 0.05) is 38.9 Å². The summed E-state index contributed by atoms with van der Waals surface area (Å²) < 4.78 is 38.1. The molecular weight excluding hydrogens is 395 g/mol. The molecule has 0 radical (unpaired) electrons. The molecule has 1 aliphatic heterocycles. The molecular formula is C21H26F3N5O. The summed E-state index contributed by atoms with van der Waals surface area (Å²) in [5, 5.41) is 2.77. The highest BCUT2D eigenvalue weighted by Crippen LogP contribution is 2.29. The third-order valence-corrected chi connectivity index (χ3v) is 5.19. The van der Waals surface area contributed by atoms with E-state index in [4.69, 9.17) is 0 Å². The summed E-state index contributed by atoms with van der Waals surface area (Å²) in [6.45, 7) is 7.33. The van der Waals surface area contributed by atoms with Gasteiger partial charge in [0.25, 0.3) is 5.91 Å². The predicted octanol–water partition coefficient (Wildman–Crippen LogP) is 3.87. The molecule has 0 saturated carbocycles. The number of benzene rings is 1. The average molecular weight is 421 g/mol. The maximum atomic E-state index is 12.8. The number of anilines is 2. The van der Waals surface area contributed by atoms with Crippen LogP contribution in [-0.4, -0.2) is 42.1 Å². The summed E-state index contributed by atoms with van der Waals surface area (Å²) in [6.07, 6.45) is -0.763. The van der Waals surface area contributed by atoms with Gasteiger partial charge >= 0.3 is 6.18 Å². The van der Waals surface area contributed by atoms with Crippen LogP contribution in [0.1, 0.15) is 48.2 Å². The molecule has 0 unspecified atom stereocenters. The zero-order valence-corrected chi connectivity index (χ0v) is 17.2. The van der Waals surface area contributed by atoms with Gasteiger partial charge in [0.1, 0.15) is 11.4 Å². The van der Waals surface area contributed by atoms with Gasteiger partial charge in [0.2, 0.25) is 5.95 Å². The Labute approximate surface area is 174 Å². The van der Waals surface area contributed by atoms with Crippen LogP contribution in [0.5, 0.6) is 0 Å². The maximum Gasteiger partial charge on any atom is 0.416 e. The number of nitrogens with one attached hydrogen (secondary N) is 1. The largest absolute Gasteiger partial charge is 0.416 e. The molecule has 9 heteroatoms. The van der Waals surface area contributed by atoms with E-state index in [1.807, 2.05) is 18.7 Å². The van der Waals surface area contributed by atoms with E-state index >= 15 is 0 Å². The lowest BCUT2D eigenvalue weighted by atomic mass is 10.1. The van der Waals surface area contributed by atoms with Crippen LogP contribution in [0.4, 0.5) is 24.9 Å². The minimum absolute atomic E-state index is 0.119. The molecule has 0 spiro atoms. The molecule has 1 aromatic heterocycles. The van der Waals surface area contributed by atoms with Crippen molar-refractivity contribution < 1.29 is 18.0 Å². The van der Waals surface area contributed by atoms with Crippen LogP contribution in [-0.2, 0) is 12.7 Å². The van der Waals surface area contributed by atoms with Gasteiger partial charge in [-0.05, 0) is 44.4 Å². The molecule has 1 saturated heterocycles. The number of alkyl halides is 3. The molecule has 0 bridgehead atoms. The molecule has 1 amide bonds. The highest BCUT2D eigenvalue weighted by atomic mass is 19.4. The summed E-state index contributed by atoms with van der Waals surface area (Å²) in [4.78, 5) is 26.0. The Hall–Kier alpha value is -2.84. The van der Waals surface area contributed by atoms with E-state index in [9.17, 15) is 18.0 Å². The highest BCUT2D eigenvalue weighted by Gasteiger charge is 2.30. The van der Waals surface area contributed by atoms with Crippen LogP contribution in [0, 0.1) is 0 Å². The van der Waals surface area contributed by atoms with Gasteiger partial charge in [0.15, 0.2) is 0 Å². The Kier molecular flexibility index (Phi) is 6.79. The van der Waals surface area contributed by atoms with Crippen molar-refractivity contribution in [2.24, 2.45) is 0 Å². The van der Waals surface area contributed by atoms with Crippen molar-refractivity contribution in [3.05, 3.63) is 47.2 Å². The number of halogens is 3. The monoisotopic (exact) mass is 421 g/mol. The number of carbonyl (C=O) groups is 1. The molecule has 1 aliphatic rings. The second-order valence-corrected chi connectivity index (χ2v) is 7.15. The predicted molar refractivity (Wildman–Crippen MR) is 110 cm³/mol. The second-order valence-electron chi connectivity index (χ2n) is 7.15. The first kappa shape index (κ1) is 21.9. The van der Waals surface area contributed by atoms with Crippen molar-refractivity contribution in [1.82, 2.24) is 15.3 Å². The van der Waals surface area contributed by atoms with Crippen LogP contribution < -0.4 is 15.1 Å². The molecule has 30 heavy (non-hydrogen) atoms. The molecule has 2 heterocycles. The van der Waals surface area contributed by atoms with Crippen molar-refractivity contribution in [3.63, 3.8) is 0 Å². The van der Waals surface area contributed by atoms with Gasteiger partial charge < -0.3 is 15.1 Å². The Balaban J connectivity index is 1.77. The quantitative estimate of drug-likeness (QED) is 0.735. The fourth-order valence-corrected chi connectivity index (χ4v) is 3.44. The smallest absolute Gasteiger partial charge is 0.356 e. The normalized spacial score (nSPS) is 14.1. The molecule has 0 atom stereocenters. The van der Waals surface area contributed by atoms with Crippen LogP contribution in [0.3, 0.4) is 0 Å². The van der Waals surface area contributed by atoms with E-state index < -0.39 is 11.7 Å². The van der Waals surface area contributed by atoms with Crippen LogP contribution >= 0.6 is 0 Å². The fourth-order valence-electron chi connectivity index (χ4n) is 3.44. The average Bonchev–Trinajstić information content (AvgIpc) is 3.27. The van der Waals surface area contributed by atoms with Gasteiger partial charge in [-0.2, -0.15) is 18.2 Å². The Morgan fingerprint density at radius 3 is 2.33 bits per heavy atom. The first-order chi connectivity index (χ1) is 14.3. The third-order valence-electron chi connectivity index (χ3n) is 5.19. The first-order valence-corrected chi connectivity index (χ1v) is 10.1. The van der Waals surface area contributed by atoms with E-state index in [1.165, 1.54) is 18.3 Å². The summed E-state index contributed by atoms with van der Waals surface area (Å²) in [6, 6.07) is 4.76. The van der Waals surface area contributed by atoms with E-state index in [0.717, 1.165) is 51.2 Å². The first-order valence-electron chi connectivity index (χ1n) is 10.1. The molecule has 2 aromatic rings. The number of nitrogens with zero attached hydrogens (tertiary/aromatic N) is 4. The Morgan fingerprint density at radius 1 is 1.13 bits per heavy atom. The second kappa shape index (κ2) is 9.32. The maximum absolute atomic E-state index is 12.8. The van der Waals surface area contributed by atoms with Crippen molar-refractivity contribution in [1.29, 1.82) is 0 Å². The van der Waals surface area contributed by atoms with Crippen molar-refractivity contribution in [3.8, 4) is 0 Å². The Morgan fingerprint density at radius 2 is 1.77 bits per heavy atom. The molecule has 1 aromatic carbocycles. The minimum atomic E-state index is -4.38. The van der Waals surface area contributed by atoms with E-state index in [2.05, 4.69) is 20.2 Å². The lowest BCUT2D eigenvalue weighted by molar-refractivity contribution is -0.137. The van der Waals surface area contributed by atoms with Gasteiger partial charge in [-0.3, -0.25) is 4.79 Å². The third kappa shape index (κ3) is 5.01. The SMILES string of the molecule is CCN(CC)c1ncc(C(=O)NCc2ccc(C(F)(F)F)cc2)c(N2CCCC2)n1. The topological polar surface area (TPSA) is 61.4 Å². The zero-order chi connectivity index (χ0) is 21.7. The Bertz CT molecular complexity index is 860. The van der Waals surface area contributed by atoms with E-state index in [-0.39, 0.29) is 12.5 Å². The number of amides is 1. The molecule has 1 fully saturated rings. The summed E-state index contributed by atoms with van der Waals surface area (Å²) in [5.41, 5.74) is 0.244. The fraction of sp³-hybridized carbons (Fsp3) is 0.476. The van der Waals surface area contributed by atoms with E-state index in [1.54, 1.807) is 0 Å². The molecule has 6 nitrogen and oxygen atoms in total. The lowest BCUT2D eigenvalue weighted by Gasteiger charge is -2.24. The van der Waals surface area contributed by atoms with Crippen molar-refractivity contribution in [2.45, 2.75) is 39.4 Å². The number of aromatic nitrogens is 2. The van der Waals surface area contributed by atoms with Crippen molar-refractivity contribution >= 4 is 17.7 Å².